The molecule has 0 bridgehead atoms. The standard InChI is InChI=1S/C26H33N5O3/c1-16-9-19(14-27)24(12-23(16)18-3-6-31(7-4-18)20-5-8-33-15-20)30-25-13-26(29-17(2)28-25)34-22-10-21(32)11-22/h9,12-14,18,20,22,27H,3-8,10-11,15H2,1-2H3,(H,28,29,30). The number of aryl methyl sites for hydroxylation is 2. The van der Waals surface area contributed by atoms with E-state index in [1.54, 1.807) is 6.07 Å². The SMILES string of the molecule is Cc1nc(Nc2cc(C3CCN(C4CCOC4)CC3)c(C)cc2C=N)cc(OC2CC(=O)C2)n1. The highest BCUT2D eigenvalue weighted by molar-refractivity contribution is 5.88. The van der Waals surface area contributed by atoms with Gasteiger partial charge in [0.25, 0.3) is 0 Å². The quantitative estimate of drug-likeness (QED) is 0.601. The van der Waals surface area contributed by atoms with Crippen molar-refractivity contribution in [2.24, 2.45) is 0 Å². The molecule has 2 aliphatic heterocycles. The highest BCUT2D eigenvalue weighted by atomic mass is 16.5. The topological polar surface area (TPSA) is 100 Å². The van der Waals surface area contributed by atoms with E-state index in [1.807, 2.05) is 6.92 Å². The maximum Gasteiger partial charge on any atom is 0.219 e. The summed E-state index contributed by atoms with van der Waals surface area (Å²) in [6.45, 7) is 7.92. The molecule has 34 heavy (non-hydrogen) atoms. The van der Waals surface area contributed by atoms with E-state index in [0.717, 1.165) is 56.8 Å². The van der Waals surface area contributed by atoms with E-state index in [-0.39, 0.29) is 11.9 Å². The third-order valence-electron chi connectivity index (χ3n) is 7.26. The summed E-state index contributed by atoms with van der Waals surface area (Å²) in [6, 6.07) is 6.63. The molecule has 1 atom stereocenters. The number of piperidine rings is 1. The van der Waals surface area contributed by atoms with Gasteiger partial charge in [0, 0.05) is 49.0 Å². The van der Waals surface area contributed by atoms with Crippen LogP contribution in [0.5, 0.6) is 5.88 Å². The Morgan fingerprint density at radius 2 is 1.94 bits per heavy atom. The number of likely N-dealkylation sites (tertiary alicyclic amines) is 1. The van der Waals surface area contributed by atoms with Gasteiger partial charge in [-0.2, -0.15) is 4.98 Å². The molecule has 180 valence electrons. The summed E-state index contributed by atoms with van der Waals surface area (Å²) >= 11 is 0. The molecule has 0 spiro atoms. The molecule has 5 rings (SSSR count). The molecule has 1 aromatic heterocycles. The highest BCUT2D eigenvalue weighted by Crippen LogP contribution is 2.35. The van der Waals surface area contributed by atoms with E-state index in [1.165, 1.54) is 17.3 Å². The number of anilines is 2. The summed E-state index contributed by atoms with van der Waals surface area (Å²) in [5.41, 5.74) is 4.25. The van der Waals surface area contributed by atoms with Gasteiger partial charge in [0.2, 0.25) is 5.88 Å². The summed E-state index contributed by atoms with van der Waals surface area (Å²) < 4.78 is 11.4. The van der Waals surface area contributed by atoms with E-state index in [0.29, 0.717) is 42.3 Å². The van der Waals surface area contributed by atoms with Crippen molar-refractivity contribution in [1.82, 2.24) is 14.9 Å². The minimum atomic E-state index is -0.0978. The Balaban J connectivity index is 1.33. The summed E-state index contributed by atoms with van der Waals surface area (Å²) in [5.74, 6) is 2.42. The molecule has 1 unspecified atom stereocenters. The predicted molar refractivity (Wildman–Crippen MR) is 131 cm³/mol. The lowest BCUT2D eigenvalue weighted by Gasteiger charge is -2.36. The lowest BCUT2D eigenvalue weighted by atomic mass is 9.85. The number of nitrogens with one attached hydrogen (secondary N) is 2. The second-order valence-electron chi connectivity index (χ2n) is 9.72. The molecule has 2 N–H and O–H groups in total. The van der Waals surface area contributed by atoms with Crippen LogP contribution in [0.3, 0.4) is 0 Å². The number of carbonyl (C=O) groups is 1. The van der Waals surface area contributed by atoms with Crippen molar-refractivity contribution in [3.8, 4) is 5.88 Å². The number of Topliss-reactive ketones (excluding diaryl/α,β-unsaturated/α-hetero) is 1. The monoisotopic (exact) mass is 463 g/mol. The molecule has 0 radical (unpaired) electrons. The van der Waals surface area contributed by atoms with Crippen LogP contribution in [0.4, 0.5) is 11.5 Å². The van der Waals surface area contributed by atoms with Crippen molar-refractivity contribution in [2.45, 2.75) is 64.0 Å². The van der Waals surface area contributed by atoms with Crippen molar-refractivity contribution in [3.63, 3.8) is 0 Å². The number of hydrogen-bond acceptors (Lipinski definition) is 8. The van der Waals surface area contributed by atoms with Gasteiger partial charge in [-0.3, -0.25) is 9.69 Å². The van der Waals surface area contributed by atoms with Crippen molar-refractivity contribution < 1.29 is 14.3 Å². The number of rotatable bonds is 7. The van der Waals surface area contributed by atoms with Crippen LogP contribution >= 0.6 is 0 Å². The van der Waals surface area contributed by atoms with E-state index < -0.39 is 0 Å². The molecule has 0 amide bonds. The van der Waals surface area contributed by atoms with Gasteiger partial charge in [0.1, 0.15) is 23.5 Å². The lowest BCUT2D eigenvalue weighted by Crippen LogP contribution is -2.41. The molecule has 1 aliphatic carbocycles. The van der Waals surface area contributed by atoms with Crippen LogP contribution in [0.2, 0.25) is 0 Å². The summed E-state index contributed by atoms with van der Waals surface area (Å²) in [5, 5.41) is 11.3. The Morgan fingerprint density at radius 3 is 2.62 bits per heavy atom. The van der Waals surface area contributed by atoms with Gasteiger partial charge >= 0.3 is 0 Å². The van der Waals surface area contributed by atoms with Gasteiger partial charge in [0.15, 0.2) is 0 Å². The van der Waals surface area contributed by atoms with Crippen LogP contribution in [-0.4, -0.2) is 65.3 Å². The maximum absolute atomic E-state index is 11.3. The van der Waals surface area contributed by atoms with Gasteiger partial charge in [-0.05, 0) is 75.4 Å². The number of hydrogen-bond donors (Lipinski definition) is 2. The van der Waals surface area contributed by atoms with E-state index >= 15 is 0 Å². The molecule has 3 fully saturated rings. The smallest absolute Gasteiger partial charge is 0.219 e. The van der Waals surface area contributed by atoms with Gasteiger partial charge in [0.05, 0.1) is 6.61 Å². The van der Waals surface area contributed by atoms with Crippen molar-refractivity contribution in [2.75, 3.05) is 31.6 Å². The highest BCUT2D eigenvalue weighted by Gasteiger charge is 2.30. The van der Waals surface area contributed by atoms with E-state index in [2.05, 4.69) is 39.2 Å². The third-order valence-corrected chi connectivity index (χ3v) is 7.26. The summed E-state index contributed by atoms with van der Waals surface area (Å²) in [4.78, 5) is 22.7. The number of ketones is 1. The van der Waals surface area contributed by atoms with Crippen LogP contribution in [0.1, 0.15) is 60.5 Å². The van der Waals surface area contributed by atoms with Gasteiger partial charge in [-0.15, -0.1) is 0 Å². The van der Waals surface area contributed by atoms with E-state index in [4.69, 9.17) is 14.9 Å². The van der Waals surface area contributed by atoms with Gasteiger partial charge in [-0.1, -0.05) is 0 Å². The molecule has 3 heterocycles. The molecule has 8 heteroatoms. The van der Waals surface area contributed by atoms with Crippen LogP contribution in [0, 0.1) is 19.3 Å². The summed E-state index contributed by atoms with van der Waals surface area (Å²) in [6.07, 6.45) is 5.58. The third kappa shape index (κ3) is 4.98. The zero-order valence-corrected chi connectivity index (χ0v) is 20.0. The Kier molecular flexibility index (Phi) is 6.61. The van der Waals surface area contributed by atoms with Crippen LogP contribution in [0.15, 0.2) is 18.2 Å². The van der Waals surface area contributed by atoms with E-state index in [9.17, 15) is 4.79 Å². The number of ether oxygens (including phenoxy) is 2. The molecular weight excluding hydrogens is 430 g/mol. The number of aromatic nitrogens is 2. The second kappa shape index (κ2) is 9.80. The number of benzene rings is 1. The molecular formula is C26H33N5O3. The maximum atomic E-state index is 11.3. The molecule has 8 nitrogen and oxygen atoms in total. The van der Waals surface area contributed by atoms with Gasteiger partial charge < -0.3 is 20.2 Å². The lowest BCUT2D eigenvalue weighted by molar-refractivity contribution is -0.129. The largest absolute Gasteiger partial charge is 0.473 e. The van der Waals surface area contributed by atoms with Gasteiger partial charge in [-0.25, -0.2) is 4.98 Å². The fraction of sp³-hybridized carbons (Fsp3) is 0.538. The second-order valence-corrected chi connectivity index (χ2v) is 9.72. The van der Waals surface area contributed by atoms with Crippen LogP contribution < -0.4 is 10.1 Å². The van der Waals surface area contributed by atoms with Crippen LogP contribution in [-0.2, 0) is 9.53 Å². The predicted octanol–water partition coefficient (Wildman–Crippen LogP) is 3.91. The Hall–Kier alpha value is -2.84. The molecule has 3 aliphatic rings. The molecule has 2 aromatic rings. The number of nitrogens with zero attached hydrogens (tertiary/aromatic N) is 3. The fourth-order valence-corrected chi connectivity index (χ4v) is 5.31. The van der Waals surface area contributed by atoms with Crippen molar-refractivity contribution in [3.05, 3.63) is 40.7 Å². The molecule has 1 saturated carbocycles. The summed E-state index contributed by atoms with van der Waals surface area (Å²) in [7, 11) is 0. The Labute approximate surface area is 200 Å². The first-order valence-corrected chi connectivity index (χ1v) is 12.3. The number of carbonyl (C=O) groups excluding carboxylic acids is 1. The Bertz CT molecular complexity index is 1070. The van der Waals surface area contributed by atoms with Crippen molar-refractivity contribution in [1.29, 1.82) is 5.41 Å². The average Bonchev–Trinajstić information content (AvgIpc) is 3.34. The fourth-order valence-electron chi connectivity index (χ4n) is 5.31. The zero-order valence-electron chi connectivity index (χ0n) is 20.0. The first-order valence-electron chi connectivity index (χ1n) is 12.3. The first kappa shape index (κ1) is 22.9. The normalized spacial score (nSPS) is 21.9. The minimum Gasteiger partial charge on any atom is -0.473 e. The molecule has 2 saturated heterocycles. The first-order chi connectivity index (χ1) is 16.5. The minimum absolute atomic E-state index is 0.0978. The van der Waals surface area contributed by atoms with Crippen molar-refractivity contribution >= 4 is 23.5 Å². The molecule has 1 aromatic carbocycles. The zero-order chi connectivity index (χ0) is 23.7. The van der Waals surface area contributed by atoms with Crippen LogP contribution in [0.25, 0.3) is 0 Å². The Morgan fingerprint density at radius 1 is 1.15 bits per heavy atom. The average molecular weight is 464 g/mol.